The van der Waals surface area contributed by atoms with Crippen molar-refractivity contribution in [2.45, 2.75) is 45.3 Å². The highest BCUT2D eigenvalue weighted by atomic mass is 16.5. The van der Waals surface area contributed by atoms with Crippen LogP contribution in [0.3, 0.4) is 0 Å². The highest BCUT2D eigenvalue weighted by Gasteiger charge is 2.35. The van der Waals surface area contributed by atoms with Crippen molar-refractivity contribution in [3.05, 3.63) is 71.6 Å². The summed E-state index contributed by atoms with van der Waals surface area (Å²) in [6.07, 6.45) is 7.02. The monoisotopic (exact) mass is 431 g/mol. The van der Waals surface area contributed by atoms with E-state index >= 15 is 0 Å². The summed E-state index contributed by atoms with van der Waals surface area (Å²) in [5, 5.41) is 2.98. The molecule has 2 aliphatic heterocycles. The van der Waals surface area contributed by atoms with Gasteiger partial charge in [0.2, 0.25) is 5.91 Å². The molecule has 1 saturated heterocycles. The van der Waals surface area contributed by atoms with Crippen molar-refractivity contribution in [3.8, 4) is 0 Å². The van der Waals surface area contributed by atoms with Crippen LogP contribution in [0.25, 0.3) is 0 Å². The van der Waals surface area contributed by atoms with E-state index in [0.717, 1.165) is 49.3 Å². The number of anilines is 2. The first-order chi connectivity index (χ1) is 15.6. The molecule has 0 spiro atoms. The lowest BCUT2D eigenvalue weighted by Crippen LogP contribution is -2.23. The van der Waals surface area contributed by atoms with E-state index in [1.54, 1.807) is 11.8 Å². The number of nitrogens with one attached hydrogen (secondary N) is 1. The number of hydrogen-bond donors (Lipinski definition) is 1. The predicted molar refractivity (Wildman–Crippen MR) is 124 cm³/mol. The number of carbonyl (C=O) groups excluding carboxylic acids is 2. The third-order valence-electron chi connectivity index (χ3n) is 6.73. The van der Waals surface area contributed by atoms with Crippen molar-refractivity contribution < 1.29 is 14.3 Å². The van der Waals surface area contributed by atoms with Crippen molar-refractivity contribution in [2.75, 3.05) is 23.3 Å². The molecule has 2 aromatic carbocycles. The summed E-state index contributed by atoms with van der Waals surface area (Å²) in [5.74, 6) is 0.380. The number of fused-ring (bicyclic) bond motifs is 1. The Labute approximate surface area is 188 Å². The van der Waals surface area contributed by atoms with Gasteiger partial charge in [-0.05, 0) is 67.6 Å². The molecule has 1 unspecified atom stereocenters. The first kappa shape index (κ1) is 20.8. The molecule has 1 aliphatic carbocycles. The summed E-state index contributed by atoms with van der Waals surface area (Å²) in [6.45, 7) is 3.94. The molecular weight excluding hydrogens is 402 g/mol. The molecule has 3 aliphatic rings. The fourth-order valence-electron chi connectivity index (χ4n) is 4.52. The van der Waals surface area contributed by atoms with Gasteiger partial charge in [-0.3, -0.25) is 9.59 Å². The molecule has 1 saturated carbocycles. The Hall–Kier alpha value is -3.12. The zero-order chi connectivity index (χ0) is 22.1. The lowest BCUT2D eigenvalue weighted by atomic mass is 9.96. The summed E-state index contributed by atoms with van der Waals surface area (Å²) in [4.78, 5) is 28.4. The quantitative estimate of drug-likeness (QED) is 0.730. The number of amides is 2. The summed E-state index contributed by atoms with van der Waals surface area (Å²) in [6, 6.07) is 15.5. The molecule has 6 nitrogen and oxygen atoms in total. The van der Waals surface area contributed by atoms with E-state index in [-0.39, 0.29) is 11.8 Å². The van der Waals surface area contributed by atoms with E-state index in [0.29, 0.717) is 24.2 Å². The van der Waals surface area contributed by atoms with E-state index in [4.69, 9.17) is 4.74 Å². The van der Waals surface area contributed by atoms with E-state index in [1.165, 1.54) is 12.1 Å². The fraction of sp³-hybridized carbons (Fsp3) is 0.385. The number of carbonyl (C=O) groups is 2. The highest BCUT2D eigenvalue weighted by molar-refractivity contribution is 6.04. The average Bonchev–Trinajstić information content (AvgIpc) is 3.35. The molecule has 2 heterocycles. The van der Waals surface area contributed by atoms with Crippen LogP contribution >= 0.6 is 0 Å². The summed E-state index contributed by atoms with van der Waals surface area (Å²) in [7, 11) is 0. The van der Waals surface area contributed by atoms with Gasteiger partial charge in [0.25, 0.3) is 5.91 Å². The third kappa shape index (κ3) is 4.28. The Balaban J connectivity index is 1.19. The van der Waals surface area contributed by atoms with Gasteiger partial charge < -0.3 is 19.9 Å². The molecule has 1 atom stereocenters. The van der Waals surface area contributed by atoms with E-state index in [9.17, 15) is 9.59 Å². The Morgan fingerprint density at radius 2 is 1.78 bits per heavy atom. The van der Waals surface area contributed by atoms with Gasteiger partial charge in [-0.1, -0.05) is 12.1 Å². The molecule has 32 heavy (non-hydrogen) atoms. The van der Waals surface area contributed by atoms with Crippen LogP contribution in [-0.4, -0.2) is 35.9 Å². The van der Waals surface area contributed by atoms with Crippen molar-refractivity contribution in [3.63, 3.8) is 0 Å². The van der Waals surface area contributed by atoms with E-state index in [2.05, 4.69) is 10.2 Å². The van der Waals surface area contributed by atoms with Crippen LogP contribution in [0.4, 0.5) is 11.4 Å². The van der Waals surface area contributed by atoms with Gasteiger partial charge in [-0.15, -0.1) is 0 Å². The van der Waals surface area contributed by atoms with E-state index < -0.39 is 0 Å². The number of rotatable bonds is 6. The SMILES string of the molecule is CC(=O)N1C=C2C(CCN2c2ccc(NC(=O)c3ccc(COC4CCC4)cc3)cc2)C1. The Kier molecular flexibility index (Phi) is 5.70. The molecule has 2 amide bonds. The molecule has 2 fully saturated rings. The topological polar surface area (TPSA) is 61.9 Å². The number of benzene rings is 2. The maximum Gasteiger partial charge on any atom is 0.255 e. The molecule has 6 heteroatoms. The summed E-state index contributed by atoms with van der Waals surface area (Å²) in [5.41, 5.74) is 4.77. The van der Waals surface area contributed by atoms with E-state index in [1.807, 2.05) is 54.7 Å². The van der Waals surface area contributed by atoms with Crippen LogP contribution in [0.15, 0.2) is 60.4 Å². The smallest absolute Gasteiger partial charge is 0.255 e. The summed E-state index contributed by atoms with van der Waals surface area (Å²) < 4.78 is 5.83. The minimum absolute atomic E-state index is 0.0869. The molecule has 0 bridgehead atoms. The number of hydrogen-bond acceptors (Lipinski definition) is 4. The first-order valence-corrected chi connectivity index (χ1v) is 11.5. The van der Waals surface area contributed by atoms with Gasteiger partial charge in [0.05, 0.1) is 12.7 Å². The second-order valence-corrected chi connectivity index (χ2v) is 8.92. The second kappa shape index (κ2) is 8.79. The van der Waals surface area contributed by atoms with Crippen molar-refractivity contribution in [1.82, 2.24) is 4.90 Å². The van der Waals surface area contributed by atoms with Gasteiger partial charge in [0, 0.05) is 54.8 Å². The van der Waals surface area contributed by atoms with Gasteiger partial charge >= 0.3 is 0 Å². The standard InChI is InChI=1S/C26H29N3O3/c1-18(30)28-15-21-13-14-29(25(21)16-28)23-11-9-22(10-12-23)27-26(31)20-7-5-19(6-8-20)17-32-24-3-2-4-24/h5-12,16,21,24H,2-4,13-15,17H2,1H3,(H,27,31). The van der Waals surface area contributed by atoms with Crippen LogP contribution in [0.5, 0.6) is 0 Å². The largest absolute Gasteiger partial charge is 0.374 e. The van der Waals surface area contributed by atoms with Gasteiger partial charge in [-0.25, -0.2) is 0 Å². The van der Waals surface area contributed by atoms with Crippen LogP contribution in [0.2, 0.25) is 0 Å². The molecular formula is C26H29N3O3. The molecule has 1 N–H and O–H groups in total. The molecule has 2 aromatic rings. The number of nitrogens with zero attached hydrogens (tertiary/aromatic N) is 2. The predicted octanol–water partition coefficient (Wildman–Crippen LogP) is 4.54. The first-order valence-electron chi connectivity index (χ1n) is 11.5. The molecule has 166 valence electrons. The van der Waals surface area contributed by atoms with Gasteiger partial charge in [-0.2, -0.15) is 0 Å². The normalized spacial score (nSPS) is 20.0. The zero-order valence-electron chi connectivity index (χ0n) is 18.4. The lowest BCUT2D eigenvalue weighted by Gasteiger charge is -2.25. The highest BCUT2D eigenvalue weighted by Crippen LogP contribution is 2.37. The average molecular weight is 432 g/mol. The second-order valence-electron chi connectivity index (χ2n) is 8.92. The summed E-state index contributed by atoms with van der Waals surface area (Å²) >= 11 is 0. The third-order valence-corrected chi connectivity index (χ3v) is 6.73. The maximum absolute atomic E-state index is 12.6. The Bertz CT molecular complexity index is 1030. The minimum atomic E-state index is -0.124. The fourth-order valence-corrected chi connectivity index (χ4v) is 4.52. The van der Waals surface area contributed by atoms with Crippen molar-refractivity contribution in [2.24, 2.45) is 5.92 Å². The van der Waals surface area contributed by atoms with Crippen LogP contribution in [0.1, 0.15) is 48.5 Å². The minimum Gasteiger partial charge on any atom is -0.374 e. The van der Waals surface area contributed by atoms with Crippen molar-refractivity contribution in [1.29, 1.82) is 0 Å². The van der Waals surface area contributed by atoms with Crippen LogP contribution < -0.4 is 10.2 Å². The Morgan fingerprint density at radius 1 is 1.03 bits per heavy atom. The Morgan fingerprint density at radius 3 is 2.44 bits per heavy atom. The molecule has 0 radical (unpaired) electrons. The molecule has 5 rings (SSSR count). The maximum atomic E-state index is 12.6. The van der Waals surface area contributed by atoms with Crippen LogP contribution in [0, 0.1) is 5.92 Å². The zero-order valence-corrected chi connectivity index (χ0v) is 18.4. The van der Waals surface area contributed by atoms with Gasteiger partial charge in [0.15, 0.2) is 0 Å². The van der Waals surface area contributed by atoms with Crippen LogP contribution in [-0.2, 0) is 16.1 Å². The lowest BCUT2D eigenvalue weighted by molar-refractivity contribution is -0.126. The molecule has 0 aromatic heterocycles. The van der Waals surface area contributed by atoms with Gasteiger partial charge in [0.1, 0.15) is 0 Å². The van der Waals surface area contributed by atoms with Crippen molar-refractivity contribution >= 4 is 23.2 Å². The number of ether oxygens (including phenoxy) is 1.